The molecule has 14 heteroatoms. The van der Waals surface area contributed by atoms with Gasteiger partial charge in [-0.3, -0.25) is 9.59 Å². The SMILES string of the molecule is COC(=O)[C@H](C)NC(=O)CC[C@@H]1C[C@@H](OC(=O)NCc2cccc3ccccc23)C[C@@]2(CCC[C@H](COC(=O)NCCCN3CCCC3=O)O2)O1. The lowest BCUT2D eigenvalue weighted by atomic mass is 9.90. The normalized spacial score (nSPS) is 23.8. The average molecular weight is 711 g/mol. The van der Waals surface area contributed by atoms with Crippen molar-refractivity contribution in [3.8, 4) is 0 Å². The Balaban J connectivity index is 1.16. The van der Waals surface area contributed by atoms with E-state index in [1.165, 1.54) is 7.11 Å². The number of hydrogen-bond acceptors (Lipinski definition) is 10. The predicted octanol–water partition coefficient (Wildman–Crippen LogP) is 4.08. The van der Waals surface area contributed by atoms with Crippen LogP contribution in [0.2, 0.25) is 0 Å². The Kier molecular flexibility index (Phi) is 13.5. The first-order valence-corrected chi connectivity index (χ1v) is 18.0. The van der Waals surface area contributed by atoms with E-state index in [9.17, 15) is 24.0 Å². The second kappa shape index (κ2) is 18.2. The van der Waals surface area contributed by atoms with Gasteiger partial charge in [0.1, 0.15) is 18.8 Å². The number of carbonyl (C=O) groups excluding carboxylic acids is 5. The van der Waals surface area contributed by atoms with Gasteiger partial charge in [0.15, 0.2) is 5.79 Å². The lowest BCUT2D eigenvalue weighted by molar-refractivity contribution is -0.329. The summed E-state index contributed by atoms with van der Waals surface area (Å²) in [4.78, 5) is 63.6. The Labute approximate surface area is 298 Å². The second-order valence-electron chi connectivity index (χ2n) is 13.5. The number of fused-ring (bicyclic) bond motifs is 1. The molecular weight excluding hydrogens is 660 g/mol. The molecule has 278 valence electrons. The lowest BCUT2D eigenvalue weighted by Gasteiger charge is -2.47. The van der Waals surface area contributed by atoms with Crippen molar-refractivity contribution in [2.75, 3.05) is 33.4 Å². The topological polar surface area (TPSA) is 171 Å². The van der Waals surface area contributed by atoms with Crippen LogP contribution in [-0.2, 0) is 44.6 Å². The number of alkyl carbamates (subject to hydrolysis) is 2. The summed E-state index contributed by atoms with van der Waals surface area (Å²) in [6, 6.07) is 13.1. The van der Waals surface area contributed by atoms with Crippen LogP contribution in [0.4, 0.5) is 9.59 Å². The summed E-state index contributed by atoms with van der Waals surface area (Å²) in [6.07, 6.45) is 2.34. The van der Waals surface area contributed by atoms with E-state index in [4.69, 9.17) is 23.7 Å². The summed E-state index contributed by atoms with van der Waals surface area (Å²) in [5.74, 6) is -1.84. The second-order valence-corrected chi connectivity index (χ2v) is 13.5. The summed E-state index contributed by atoms with van der Waals surface area (Å²) in [6.45, 7) is 3.59. The molecule has 0 bridgehead atoms. The molecule has 0 saturated carbocycles. The molecule has 0 aromatic heterocycles. The number of rotatable bonds is 14. The minimum Gasteiger partial charge on any atom is -0.467 e. The molecule has 3 fully saturated rings. The first-order valence-electron chi connectivity index (χ1n) is 18.0. The van der Waals surface area contributed by atoms with Gasteiger partial charge >= 0.3 is 18.2 Å². The number of methoxy groups -OCH3 is 1. The van der Waals surface area contributed by atoms with E-state index in [-0.39, 0.29) is 37.8 Å². The third-order valence-corrected chi connectivity index (χ3v) is 9.56. The number of carbonyl (C=O) groups is 5. The van der Waals surface area contributed by atoms with E-state index < -0.39 is 48.3 Å². The number of ether oxygens (including phenoxy) is 5. The van der Waals surface area contributed by atoms with Crippen LogP contribution in [0.25, 0.3) is 10.8 Å². The molecule has 0 aliphatic carbocycles. The van der Waals surface area contributed by atoms with Crippen LogP contribution >= 0.6 is 0 Å². The molecule has 51 heavy (non-hydrogen) atoms. The van der Waals surface area contributed by atoms with Crippen molar-refractivity contribution in [1.29, 1.82) is 0 Å². The smallest absolute Gasteiger partial charge is 0.407 e. The third kappa shape index (κ3) is 11.0. The van der Waals surface area contributed by atoms with Crippen LogP contribution in [0.5, 0.6) is 0 Å². The number of nitrogens with zero attached hydrogens (tertiary/aromatic N) is 1. The average Bonchev–Trinajstić information content (AvgIpc) is 3.54. The van der Waals surface area contributed by atoms with Crippen molar-refractivity contribution in [1.82, 2.24) is 20.9 Å². The van der Waals surface area contributed by atoms with E-state index in [1.807, 2.05) is 42.5 Å². The molecule has 2 aromatic rings. The quantitative estimate of drug-likeness (QED) is 0.148. The van der Waals surface area contributed by atoms with Crippen LogP contribution < -0.4 is 16.0 Å². The molecule has 3 saturated heterocycles. The van der Waals surface area contributed by atoms with Gasteiger partial charge in [-0.25, -0.2) is 14.4 Å². The van der Waals surface area contributed by atoms with Crippen molar-refractivity contribution in [2.45, 2.75) is 108 Å². The van der Waals surface area contributed by atoms with E-state index in [2.05, 4.69) is 16.0 Å². The van der Waals surface area contributed by atoms with E-state index in [0.29, 0.717) is 51.6 Å². The highest BCUT2D eigenvalue weighted by molar-refractivity contribution is 5.86. The number of esters is 1. The third-order valence-electron chi connectivity index (χ3n) is 9.56. The molecule has 0 radical (unpaired) electrons. The molecule has 14 nitrogen and oxygen atoms in total. The number of benzene rings is 2. The van der Waals surface area contributed by atoms with Crippen LogP contribution in [0.15, 0.2) is 42.5 Å². The standard InChI is InChI=1S/C37H50N4O10/c1-25(34(44)47-2)40-32(42)16-15-28-21-30(49-36(46)39-23-27-11-5-10-26-9-3-4-13-31(26)27)22-37(50-28)17-6-12-29(51-37)24-48-35(45)38-18-8-20-41-19-7-14-33(41)43/h3-5,9-11,13,25,28-30H,6-8,12,14-24H2,1-2H3,(H,38,45)(H,39,46)(H,40,42)/t25-,28+,29+,30+,37-/m0/s1. The molecule has 1 spiro atoms. The number of likely N-dealkylation sites (tertiary alicyclic amines) is 1. The van der Waals surface area contributed by atoms with E-state index >= 15 is 0 Å². The first-order chi connectivity index (χ1) is 24.6. The summed E-state index contributed by atoms with van der Waals surface area (Å²) in [7, 11) is 1.26. The van der Waals surface area contributed by atoms with Gasteiger partial charge < -0.3 is 44.5 Å². The van der Waals surface area contributed by atoms with Crippen molar-refractivity contribution in [3.05, 3.63) is 48.0 Å². The first kappa shape index (κ1) is 37.8. The Morgan fingerprint density at radius 3 is 2.63 bits per heavy atom. The molecule has 2 aromatic carbocycles. The number of amides is 4. The molecule has 3 aliphatic rings. The van der Waals surface area contributed by atoms with Gasteiger partial charge in [0.05, 0.1) is 19.3 Å². The van der Waals surface area contributed by atoms with Gasteiger partial charge in [-0.05, 0) is 55.4 Å². The Bertz CT molecular complexity index is 1530. The fourth-order valence-electron chi connectivity index (χ4n) is 7.03. The molecule has 4 amide bonds. The molecule has 5 rings (SSSR count). The minimum atomic E-state index is -1.11. The highest BCUT2D eigenvalue weighted by atomic mass is 16.7. The zero-order valence-electron chi connectivity index (χ0n) is 29.5. The molecule has 3 aliphatic heterocycles. The number of hydrogen-bond donors (Lipinski definition) is 3. The van der Waals surface area contributed by atoms with Crippen molar-refractivity contribution < 1.29 is 47.7 Å². The van der Waals surface area contributed by atoms with Gasteiger partial charge in [-0.15, -0.1) is 0 Å². The van der Waals surface area contributed by atoms with Crippen LogP contribution in [0.3, 0.4) is 0 Å². The van der Waals surface area contributed by atoms with Gasteiger partial charge in [0, 0.05) is 58.3 Å². The highest BCUT2D eigenvalue weighted by Gasteiger charge is 2.47. The summed E-state index contributed by atoms with van der Waals surface area (Å²) in [5.41, 5.74) is 0.961. The van der Waals surface area contributed by atoms with E-state index in [0.717, 1.165) is 35.7 Å². The largest absolute Gasteiger partial charge is 0.467 e. The van der Waals surface area contributed by atoms with Crippen LogP contribution in [0.1, 0.15) is 76.7 Å². The zero-order valence-corrected chi connectivity index (χ0v) is 29.5. The maximum atomic E-state index is 13.1. The van der Waals surface area contributed by atoms with Gasteiger partial charge in [0.2, 0.25) is 11.8 Å². The summed E-state index contributed by atoms with van der Waals surface area (Å²) >= 11 is 0. The Morgan fingerprint density at radius 2 is 1.82 bits per heavy atom. The predicted molar refractivity (Wildman–Crippen MR) is 185 cm³/mol. The molecular formula is C37H50N4O10. The maximum Gasteiger partial charge on any atom is 0.407 e. The van der Waals surface area contributed by atoms with Gasteiger partial charge in [-0.1, -0.05) is 42.5 Å². The van der Waals surface area contributed by atoms with E-state index in [1.54, 1.807) is 11.8 Å². The monoisotopic (exact) mass is 710 g/mol. The van der Waals surface area contributed by atoms with Crippen LogP contribution in [0, 0.1) is 0 Å². The summed E-state index contributed by atoms with van der Waals surface area (Å²) < 4.78 is 29.1. The molecule has 0 unspecified atom stereocenters. The van der Waals surface area contributed by atoms with Gasteiger partial charge in [0.25, 0.3) is 0 Å². The van der Waals surface area contributed by atoms with Crippen molar-refractivity contribution in [3.63, 3.8) is 0 Å². The molecule has 3 N–H and O–H groups in total. The number of nitrogens with one attached hydrogen (secondary N) is 3. The Hall–Kier alpha value is -4.43. The highest BCUT2D eigenvalue weighted by Crippen LogP contribution is 2.41. The Morgan fingerprint density at radius 1 is 1.02 bits per heavy atom. The van der Waals surface area contributed by atoms with Crippen molar-refractivity contribution in [2.24, 2.45) is 0 Å². The lowest BCUT2D eigenvalue weighted by Crippen LogP contribution is -2.53. The van der Waals surface area contributed by atoms with Crippen molar-refractivity contribution >= 4 is 40.7 Å². The van der Waals surface area contributed by atoms with Crippen LogP contribution in [-0.4, -0.2) is 98.4 Å². The fraction of sp³-hybridized carbons (Fsp3) is 0.595. The zero-order chi connectivity index (χ0) is 36.2. The molecule has 3 heterocycles. The minimum absolute atomic E-state index is 0.0110. The summed E-state index contributed by atoms with van der Waals surface area (Å²) in [5, 5.41) is 10.4. The van der Waals surface area contributed by atoms with Gasteiger partial charge in [-0.2, -0.15) is 0 Å². The maximum absolute atomic E-state index is 13.1. The fourth-order valence-corrected chi connectivity index (χ4v) is 7.03. The molecule has 5 atom stereocenters.